The second-order valence-corrected chi connectivity index (χ2v) is 5.28. The fourth-order valence-corrected chi connectivity index (χ4v) is 1.94. The Morgan fingerprint density at radius 2 is 1.67 bits per heavy atom. The molecule has 2 rings (SSSR count). The predicted molar refractivity (Wildman–Crippen MR) is 84.5 cm³/mol. The number of carbonyl (C=O) groups is 1. The van der Waals surface area contributed by atoms with Crippen molar-refractivity contribution in [2.24, 2.45) is 0 Å². The largest absolute Gasteiger partial charge is 0.497 e. The third-order valence-corrected chi connectivity index (χ3v) is 3.36. The third-order valence-electron chi connectivity index (χ3n) is 2.83. The smallest absolute Gasteiger partial charge is 0.258 e. The molecule has 5 heteroatoms. The van der Waals surface area contributed by atoms with Gasteiger partial charge in [-0.3, -0.25) is 4.79 Å². The number of ether oxygens (including phenoxy) is 2. The molecule has 0 radical (unpaired) electrons. The van der Waals surface area contributed by atoms with E-state index in [1.807, 2.05) is 36.4 Å². The summed E-state index contributed by atoms with van der Waals surface area (Å²) in [5.74, 6) is 1.30. The Morgan fingerprint density at radius 1 is 1.05 bits per heavy atom. The van der Waals surface area contributed by atoms with E-state index in [4.69, 9.17) is 9.47 Å². The van der Waals surface area contributed by atoms with Gasteiger partial charge < -0.3 is 14.8 Å². The lowest BCUT2D eigenvalue weighted by molar-refractivity contribution is -0.123. The van der Waals surface area contributed by atoms with Crippen LogP contribution in [0.3, 0.4) is 0 Å². The van der Waals surface area contributed by atoms with Crippen LogP contribution in [0.4, 0.5) is 0 Å². The quantitative estimate of drug-likeness (QED) is 0.871. The average Bonchev–Trinajstić information content (AvgIpc) is 2.53. The molecule has 0 aromatic heterocycles. The van der Waals surface area contributed by atoms with Crippen molar-refractivity contribution in [3.63, 3.8) is 0 Å². The molecule has 0 saturated heterocycles. The number of hydrogen-bond acceptors (Lipinski definition) is 3. The summed E-state index contributed by atoms with van der Waals surface area (Å²) in [5, 5.41) is 2.80. The zero-order valence-corrected chi connectivity index (χ0v) is 13.2. The van der Waals surface area contributed by atoms with Gasteiger partial charge in [-0.15, -0.1) is 0 Å². The van der Waals surface area contributed by atoms with Crippen LogP contribution in [0.5, 0.6) is 11.5 Å². The number of halogens is 1. The number of amides is 1. The van der Waals surface area contributed by atoms with Crippen LogP contribution in [-0.4, -0.2) is 19.6 Å². The summed E-state index contributed by atoms with van der Waals surface area (Å²) in [7, 11) is 1.62. The number of hydrogen-bond donors (Lipinski definition) is 1. The minimum Gasteiger partial charge on any atom is -0.497 e. The van der Waals surface area contributed by atoms with E-state index in [2.05, 4.69) is 21.2 Å². The Kier molecular flexibility index (Phi) is 5.63. The van der Waals surface area contributed by atoms with E-state index < -0.39 is 0 Å². The van der Waals surface area contributed by atoms with Crippen molar-refractivity contribution in [1.29, 1.82) is 0 Å². The van der Waals surface area contributed by atoms with Crippen molar-refractivity contribution in [1.82, 2.24) is 5.32 Å². The van der Waals surface area contributed by atoms with Gasteiger partial charge in [0.05, 0.1) is 7.11 Å². The highest BCUT2D eigenvalue weighted by Gasteiger charge is 2.03. The van der Waals surface area contributed by atoms with Crippen LogP contribution in [0.1, 0.15) is 5.56 Å². The van der Waals surface area contributed by atoms with Gasteiger partial charge in [0, 0.05) is 11.0 Å². The first-order valence-corrected chi connectivity index (χ1v) is 7.24. The molecule has 0 bridgehead atoms. The van der Waals surface area contributed by atoms with Crippen LogP contribution in [0.25, 0.3) is 0 Å². The molecule has 2 aromatic rings. The van der Waals surface area contributed by atoms with Crippen molar-refractivity contribution in [3.05, 3.63) is 58.6 Å². The standard InChI is InChI=1S/C16H16BrNO3/c1-20-14-6-2-12(3-7-14)10-18-16(19)11-21-15-8-4-13(17)5-9-15/h2-9H,10-11H2,1H3,(H,18,19). The molecule has 0 unspecified atom stereocenters. The maximum absolute atomic E-state index is 11.7. The van der Waals surface area contributed by atoms with Crippen LogP contribution in [0.2, 0.25) is 0 Å². The van der Waals surface area contributed by atoms with Crippen molar-refractivity contribution < 1.29 is 14.3 Å². The summed E-state index contributed by atoms with van der Waals surface area (Å²) in [6.07, 6.45) is 0. The molecule has 21 heavy (non-hydrogen) atoms. The molecule has 1 amide bonds. The average molecular weight is 350 g/mol. The van der Waals surface area contributed by atoms with E-state index in [1.165, 1.54) is 0 Å². The Bertz CT molecular complexity index is 581. The van der Waals surface area contributed by atoms with Gasteiger partial charge in [0.25, 0.3) is 5.91 Å². The zero-order chi connectivity index (χ0) is 15.1. The summed E-state index contributed by atoms with van der Waals surface area (Å²) in [4.78, 5) is 11.7. The fraction of sp³-hybridized carbons (Fsp3) is 0.188. The van der Waals surface area contributed by atoms with Crippen molar-refractivity contribution in [2.75, 3.05) is 13.7 Å². The van der Waals surface area contributed by atoms with E-state index in [0.29, 0.717) is 12.3 Å². The summed E-state index contributed by atoms with van der Waals surface area (Å²) < 4.78 is 11.4. The maximum Gasteiger partial charge on any atom is 0.258 e. The molecule has 0 atom stereocenters. The van der Waals surface area contributed by atoms with Crippen LogP contribution in [0.15, 0.2) is 53.0 Å². The molecule has 2 aromatic carbocycles. The SMILES string of the molecule is COc1ccc(CNC(=O)COc2ccc(Br)cc2)cc1. The highest BCUT2D eigenvalue weighted by Crippen LogP contribution is 2.16. The van der Waals surface area contributed by atoms with Gasteiger partial charge in [-0.25, -0.2) is 0 Å². The minimum absolute atomic E-state index is 0.00220. The third kappa shape index (κ3) is 5.11. The molecule has 0 aliphatic rings. The molecule has 110 valence electrons. The lowest BCUT2D eigenvalue weighted by atomic mass is 10.2. The monoisotopic (exact) mass is 349 g/mol. The Labute approximate surface area is 132 Å². The first-order chi connectivity index (χ1) is 10.2. The van der Waals surface area contributed by atoms with E-state index >= 15 is 0 Å². The van der Waals surface area contributed by atoms with Gasteiger partial charge >= 0.3 is 0 Å². The highest BCUT2D eigenvalue weighted by atomic mass is 79.9. The predicted octanol–water partition coefficient (Wildman–Crippen LogP) is 3.15. The lowest BCUT2D eigenvalue weighted by Gasteiger charge is -2.08. The van der Waals surface area contributed by atoms with Crippen LogP contribution in [-0.2, 0) is 11.3 Å². The zero-order valence-electron chi connectivity index (χ0n) is 11.6. The molecule has 0 heterocycles. The number of methoxy groups -OCH3 is 1. The second kappa shape index (κ2) is 7.69. The van der Waals surface area contributed by atoms with E-state index in [-0.39, 0.29) is 12.5 Å². The Balaban J connectivity index is 1.75. The first-order valence-electron chi connectivity index (χ1n) is 6.45. The molecular formula is C16H16BrNO3. The van der Waals surface area contributed by atoms with E-state index in [0.717, 1.165) is 15.8 Å². The highest BCUT2D eigenvalue weighted by molar-refractivity contribution is 9.10. The minimum atomic E-state index is -0.159. The van der Waals surface area contributed by atoms with Crippen molar-refractivity contribution in [2.45, 2.75) is 6.54 Å². The van der Waals surface area contributed by atoms with Gasteiger partial charge in [-0.2, -0.15) is 0 Å². The molecule has 4 nitrogen and oxygen atoms in total. The van der Waals surface area contributed by atoms with Crippen LogP contribution >= 0.6 is 15.9 Å². The topological polar surface area (TPSA) is 47.6 Å². The maximum atomic E-state index is 11.7. The molecule has 1 N–H and O–H groups in total. The summed E-state index contributed by atoms with van der Waals surface area (Å²) in [6, 6.07) is 14.9. The number of carbonyl (C=O) groups excluding carboxylic acids is 1. The van der Waals surface area contributed by atoms with Crippen LogP contribution in [0, 0.1) is 0 Å². The van der Waals surface area contributed by atoms with Gasteiger partial charge in [-0.05, 0) is 42.0 Å². The first kappa shape index (κ1) is 15.4. The van der Waals surface area contributed by atoms with E-state index in [1.54, 1.807) is 19.2 Å². The van der Waals surface area contributed by atoms with Gasteiger partial charge in [0.1, 0.15) is 11.5 Å². The van der Waals surface area contributed by atoms with Gasteiger partial charge in [0.2, 0.25) is 0 Å². The summed E-state index contributed by atoms with van der Waals surface area (Å²) in [6.45, 7) is 0.463. The molecular weight excluding hydrogens is 334 g/mol. The molecule has 0 aliphatic heterocycles. The molecule has 0 fully saturated rings. The number of benzene rings is 2. The van der Waals surface area contributed by atoms with Gasteiger partial charge in [0.15, 0.2) is 6.61 Å². The normalized spacial score (nSPS) is 10.0. The second-order valence-electron chi connectivity index (χ2n) is 4.37. The van der Waals surface area contributed by atoms with E-state index in [9.17, 15) is 4.79 Å². The number of nitrogens with one attached hydrogen (secondary N) is 1. The number of rotatable bonds is 6. The molecule has 0 aliphatic carbocycles. The van der Waals surface area contributed by atoms with Crippen molar-refractivity contribution >= 4 is 21.8 Å². The molecule has 0 saturated carbocycles. The van der Waals surface area contributed by atoms with Crippen molar-refractivity contribution in [3.8, 4) is 11.5 Å². The molecule has 0 spiro atoms. The van der Waals surface area contributed by atoms with Crippen LogP contribution < -0.4 is 14.8 Å². The Morgan fingerprint density at radius 3 is 2.29 bits per heavy atom. The summed E-state index contributed by atoms with van der Waals surface area (Å²) in [5.41, 5.74) is 1.01. The Hall–Kier alpha value is -2.01. The fourth-order valence-electron chi connectivity index (χ4n) is 1.67. The lowest BCUT2D eigenvalue weighted by Crippen LogP contribution is -2.28. The van der Waals surface area contributed by atoms with Gasteiger partial charge in [-0.1, -0.05) is 28.1 Å². The summed E-state index contributed by atoms with van der Waals surface area (Å²) >= 11 is 3.34.